The average Bonchev–Trinajstić information content (AvgIpc) is 2.66. The zero-order valence-corrected chi connectivity index (χ0v) is 11.6. The second-order valence-corrected chi connectivity index (χ2v) is 5.01. The number of halogens is 2. The van der Waals surface area contributed by atoms with Gasteiger partial charge in [0.1, 0.15) is 5.82 Å². The van der Waals surface area contributed by atoms with Crippen molar-refractivity contribution in [2.75, 3.05) is 0 Å². The molecule has 4 heteroatoms. The van der Waals surface area contributed by atoms with E-state index >= 15 is 0 Å². The van der Waals surface area contributed by atoms with Crippen LogP contribution in [0.5, 0.6) is 0 Å². The van der Waals surface area contributed by atoms with Crippen molar-refractivity contribution in [3.05, 3.63) is 29.0 Å². The highest BCUT2D eigenvalue weighted by Crippen LogP contribution is 2.26. The molecule has 1 aromatic heterocycles. The second-order valence-electron chi connectivity index (χ2n) is 4.30. The van der Waals surface area contributed by atoms with Crippen molar-refractivity contribution in [2.45, 2.75) is 38.6 Å². The summed E-state index contributed by atoms with van der Waals surface area (Å²) in [6.07, 6.45) is 2.27. The van der Waals surface area contributed by atoms with Crippen molar-refractivity contribution >= 4 is 34.2 Å². The van der Waals surface area contributed by atoms with E-state index in [9.17, 15) is 0 Å². The molecule has 0 spiro atoms. The third-order valence-corrected chi connectivity index (χ3v) is 3.47. The number of fused-ring (bicyclic) bond motifs is 1. The predicted molar refractivity (Wildman–Crippen MR) is 73.9 cm³/mol. The average molecular weight is 271 g/mol. The number of alkyl halides is 1. The van der Waals surface area contributed by atoms with Crippen LogP contribution in [0, 0.1) is 0 Å². The van der Waals surface area contributed by atoms with E-state index in [-0.39, 0.29) is 0 Å². The van der Waals surface area contributed by atoms with Gasteiger partial charge < -0.3 is 4.57 Å². The van der Waals surface area contributed by atoms with E-state index in [4.69, 9.17) is 23.2 Å². The van der Waals surface area contributed by atoms with Gasteiger partial charge in [-0.3, -0.25) is 0 Å². The Hall–Kier alpha value is -0.730. The Bertz CT molecular complexity index is 519. The van der Waals surface area contributed by atoms with Crippen molar-refractivity contribution in [1.29, 1.82) is 0 Å². The molecule has 17 heavy (non-hydrogen) atoms. The molecule has 92 valence electrons. The quantitative estimate of drug-likeness (QED) is 0.731. The summed E-state index contributed by atoms with van der Waals surface area (Å²) in [6.45, 7) is 4.39. The Morgan fingerprint density at radius 1 is 1.41 bits per heavy atom. The van der Waals surface area contributed by atoms with Gasteiger partial charge in [-0.05, 0) is 31.5 Å². The Kier molecular flexibility index (Phi) is 3.95. The van der Waals surface area contributed by atoms with E-state index in [1.165, 1.54) is 0 Å². The first kappa shape index (κ1) is 12.7. The molecule has 0 saturated heterocycles. The number of rotatable bonds is 4. The van der Waals surface area contributed by atoms with Crippen LogP contribution in [-0.4, -0.2) is 9.55 Å². The van der Waals surface area contributed by atoms with Crippen molar-refractivity contribution < 1.29 is 0 Å². The van der Waals surface area contributed by atoms with Crippen LogP contribution in [0.2, 0.25) is 5.02 Å². The number of imidazole rings is 1. The van der Waals surface area contributed by atoms with E-state index in [0.29, 0.717) is 16.9 Å². The first-order valence-electron chi connectivity index (χ1n) is 5.89. The first-order chi connectivity index (χ1) is 8.17. The van der Waals surface area contributed by atoms with Crippen molar-refractivity contribution in [3.63, 3.8) is 0 Å². The summed E-state index contributed by atoms with van der Waals surface area (Å²) in [4.78, 5) is 4.54. The lowest BCUT2D eigenvalue weighted by atomic mass is 10.2. The second kappa shape index (κ2) is 5.28. The van der Waals surface area contributed by atoms with Gasteiger partial charge in [0.25, 0.3) is 0 Å². The fourth-order valence-electron chi connectivity index (χ4n) is 2.25. The number of aromatic nitrogens is 2. The molecule has 0 radical (unpaired) electrons. The van der Waals surface area contributed by atoms with Crippen molar-refractivity contribution in [3.8, 4) is 0 Å². The normalized spacial score (nSPS) is 13.2. The van der Waals surface area contributed by atoms with Gasteiger partial charge >= 0.3 is 0 Å². The standard InChI is InChI=1S/C13H16Cl2N2/c1-3-4-9(2)17-12-6-5-10(15)7-11(12)16-13(17)8-14/h5-7,9H,3-4,8H2,1-2H3. The summed E-state index contributed by atoms with van der Waals surface area (Å²) in [5.74, 6) is 1.35. The van der Waals surface area contributed by atoms with Gasteiger partial charge in [-0.1, -0.05) is 24.9 Å². The van der Waals surface area contributed by atoms with Crippen LogP contribution in [0.15, 0.2) is 18.2 Å². The van der Waals surface area contributed by atoms with Gasteiger partial charge in [-0.2, -0.15) is 0 Å². The lowest BCUT2D eigenvalue weighted by molar-refractivity contribution is 0.500. The largest absolute Gasteiger partial charge is 0.324 e. The van der Waals surface area contributed by atoms with Gasteiger partial charge in [-0.25, -0.2) is 4.98 Å². The van der Waals surface area contributed by atoms with Gasteiger partial charge in [0, 0.05) is 11.1 Å². The van der Waals surface area contributed by atoms with Crippen LogP contribution in [0.25, 0.3) is 11.0 Å². The van der Waals surface area contributed by atoms with Crippen LogP contribution < -0.4 is 0 Å². The highest BCUT2D eigenvalue weighted by molar-refractivity contribution is 6.31. The highest BCUT2D eigenvalue weighted by atomic mass is 35.5. The minimum atomic E-state index is 0.417. The van der Waals surface area contributed by atoms with E-state index in [1.807, 2.05) is 18.2 Å². The van der Waals surface area contributed by atoms with E-state index in [0.717, 1.165) is 29.7 Å². The molecule has 0 fully saturated rings. The highest BCUT2D eigenvalue weighted by Gasteiger charge is 2.14. The SMILES string of the molecule is CCCC(C)n1c(CCl)nc2cc(Cl)ccc21. The molecule has 1 aromatic carbocycles. The van der Waals surface area contributed by atoms with Crippen molar-refractivity contribution in [2.24, 2.45) is 0 Å². The number of hydrogen-bond donors (Lipinski definition) is 0. The van der Waals surface area contributed by atoms with Gasteiger partial charge in [0.2, 0.25) is 0 Å². The molecule has 1 heterocycles. The molecule has 2 rings (SSSR count). The Labute approximate surface area is 112 Å². The minimum Gasteiger partial charge on any atom is -0.324 e. The summed E-state index contributed by atoms with van der Waals surface area (Å²) >= 11 is 12.0. The molecular weight excluding hydrogens is 255 g/mol. The Morgan fingerprint density at radius 3 is 2.82 bits per heavy atom. The maximum atomic E-state index is 5.98. The molecule has 0 saturated carbocycles. The van der Waals surface area contributed by atoms with E-state index < -0.39 is 0 Å². The van der Waals surface area contributed by atoms with Gasteiger partial charge in [0.05, 0.1) is 16.9 Å². The van der Waals surface area contributed by atoms with Crippen LogP contribution in [-0.2, 0) is 5.88 Å². The maximum absolute atomic E-state index is 5.98. The van der Waals surface area contributed by atoms with Gasteiger partial charge in [0.15, 0.2) is 0 Å². The summed E-state index contributed by atoms with van der Waals surface area (Å²) in [6, 6.07) is 6.23. The van der Waals surface area contributed by atoms with E-state index in [2.05, 4.69) is 23.4 Å². The molecule has 1 unspecified atom stereocenters. The van der Waals surface area contributed by atoms with Gasteiger partial charge in [-0.15, -0.1) is 11.6 Å². The molecule has 0 aliphatic heterocycles. The van der Waals surface area contributed by atoms with Crippen molar-refractivity contribution in [1.82, 2.24) is 9.55 Å². The minimum absolute atomic E-state index is 0.417. The predicted octanol–water partition coefficient (Wildman–Crippen LogP) is 4.79. The van der Waals surface area contributed by atoms with E-state index in [1.54, 1.807) is 0 Å². The lowest BCUT2D eigenvalue weighted by Gasteiger charge is -2.16. The smallest absolute Gasteiger partial charge is 0.125 e. The van der Waals surface area contributed by atoms with Crippen LogP contribution in [0.4, 0.5) is 0 Å². The Balaban J connectivity index is 2.58. The van der Waals surface area contributed by atoms with Crippen LogP contribution in [0.1, 0.15) is 38.6 Å². The third kappa shape index (κ3) is 2.43. The first-order valence-corrected chi connectivity index (χ1v) is 6.81. The number of benzene rings is 1. The Morgan fingerprint density at radius 2 is 2.18 bits per heavy atom. The molecule has 0 amide bonds. The molecule has 0 bridgehead atoms. The summed E-state index contributed by atoms with van der Waals surface area (Å²) in [5, 5.41) is 0.714. The maximum Gasteiger partial charge on any atom is 0.125 e. The summed E-state index contributed by atoms with van der Waals surface area (Å²) < 4.78 is 2.22. The molecule has 0 aliphatic rings. The molecule has 2 nitrogen and oxygen atoms in total. The third-order valence-electron chi connectivity index (χ3n) is 2.99. The fraction of sp³-hybridized carbons (Fsp3) is 0.462. The molecule has 2 aromatic rings. The topological polar surface area (TPSA) is 17.8 Å². The van der Waals surface area contributed by atoms with Crippen LogP contribution in [0.3, 0.4) is 0 Å². The molecule has 1 atom stereocenters. The van der Waals surface area contributed by atoms with Crippen LogP contribution >= 0.6 is 23.2 Å². The number of nitrogens with zero attached hydrogens (tertiary/aromatic N) is 2. The fourth-order valence-corrected chi connectivity index (χ4v) is 2.61. The zero-order chi connectivity index (χ0) is 12.4. The lowest BCUT2D eigenvalue weighted by Crippen LogP contribution is -2.08. The number of hydrogen-bond acceptors (Lipinski definition) is 1. The zero-order valence-electron chi connectivity index (χ0n) is 10.1. The molecule has 0 aliphatic carbocycles. The molecular formula is C13H16Cl2N2. The summed E-state index contributed by atoms with van der Waals surface area (Å²) in [7, 11) is 0. The monoisotopic (exact) mass is 270 g/mol. The summed E-state index contributed by atoms with van der Waals surface area (Å²) in [5.41, 5.74) is 2.04. The molecule has 0 N–H and O–H groups in total.